The molecule has 0 radical (unpaired) electrons. The summed E-state index contributed by atoms with van der Waals surface area (Å²) in [5.41, 5.74) is 1.34. The maximum absolute atomic E-state index is 12.9. The van der Waals surface area contributed by atoms with Gasteiger partial charge in [0.2, 0.25) is 5.91 Å². The van der Waals surface area contributed by atoms with E-state index in [1.165, 1.54) is 5.56 Å². The number of aromatic nitrogens is 2. The third-order valence-corrected chi connectivity index (χ3v) is 5.00. The van der Waals surface area contributed by atoms with Crippen LogP contribution in [0.1, 0.15) is 51.6 Å². The molecule has 1 aliphatic heterocycles. The van der Waals surface area contributed by atoms with E-state index in [0.717, 1.165) is 25.1 Å². The zero-order valence-electron chi connectivity index (χ0n) is 14.9. The van der Waals surface area contributed by atoms with Crippen molar-refractivity contribution in [1.82, 2.24) is 9.78 Å². The molecule has 3 rings (SSSR count). The van der Waals surface area contributed by atoms with E-state index in [0.29, 0.717) is 18.4 Å². The van der Waals surface area contributed by atoms with Crippen molar-refractivity contribution in [2.24, 2.45) is 5.92 Å². The molecule has 0 N–H and O–H groups in total. The Morgan fingerprint density at radius 1 is 1.21 bits per heavy atom. The fraction of sp³-hybridized carbons (Fsp3) is 0.500. The molecule has 3 atom stereocenters. The highest BCUT2D eigenvalue weighted by molar-refractivity contribution is 5.93. The fourth-order valence-corrected chi connectivity index (χ4v) is 3.69. The summed E-state index contributed by atoms with van der Waals surface area (Å²) in [6.45, 7) is 6.48. The predicted octanol–water partition coefficient (Wildman–Crippen LogP) is 4.23. The number of carbonyl (C=O) groups excluding carboxylic acids is 1. The van der Waals surface area contributed by atoms with E-state index >= 15 is 0 Å². The van der Waals surface area contributed by atoms with Crippen LogP contribution in [0, 0.1) is 5.92 Å². The van der Waals surface area contributed by atoms with Gasteiger partial charge in [-0.25, -0.2) is 4.68 Å². The van der Waals surface area contributed by atoms with Gasteiger partial charge in [0, 0.05) is 18.5 Å². The molecule has 0 fully saturated rings. The Balaban J connectivity index is 1.61. The Kier molecular flexibility index (Phi) is 5.03. The highest BCUT2D eigenvalue weighted by atomic mass is 16.2. The van der Waals surface area contributed by atoms with Crippen molar-refractivity contribution in [3.8, 4) is 0 Å². The van der Waals surface area contributed by atoms with E-state index in [9.17, 15) is 4.79 Å². The summed E-state index contributed by atoms with van der Waals surface area (Å²) in [5.74, 6) is 1.54. The minimum absolute atomic E-state index is 0.219. The van der Waals surface area contributed by atoms with Gasteiger partial charge in [-0.3, -0.25) is 9.69 Å². The highest BCUT2D eigenvalue weighted by Crippen LogP contribution is 2.32. The van der Waals surface area contributed by atoms with Crippen LogP contribution in [0.3, 0.4) is 0 Å². The molecule has 2 aromatic rings. The van der Waals surface area contributed by atoms with Crippen molar-refractivity contribution in [3.05, 3.63) is 48.2 Å². The number of fused-ring (bicyclic) bond motifs is 1. The van der Waals surface area contributed by atoms with Gasteiger partial charge in [0.15, 0.2) is 0 Å². The number of carbonyl (C=O) groups is 1. The topological polar surface area (TPSA) is 38.1 Å². The molecule has 0 saturated heterocycles. The summed E-state index contributed by atoms with van der Waals surface area (Å²) < 4.78 is 1.98. The second-order valence-electron chi connectivity index (χ2n) is 7.17. The molecule has 1 aliphatic rings. The van der Waals surface area contributed by atoms with Crippen LogP contribution in [0.15, 0.2) is 42.6 Å². The lowest BCUT2D eigenvalue weighted by Crippen LogP contribution is -2.45. The van der Waals surface area contributed by atoms with Crippen molar-refractivity contribution in [2.45, 2.75) is 58.5 Å². The van der Waals surface area contributed by atoms with Crippen molar-refractivity contribution < 1.29 is 4.79 Å². The third kappa shape index (κ3) is 3.53. The molecule has 0 saturated carbocycles. The molecule has 24 heavy (non-hydrogen) atoms. The minimum atomic E-state index is 0.219. The van der Waals surface area contributed by atoms with Crippen LogP contribution in [-0.4, -0.2) is 21.7 Å². The van der Waals surface area contributed by atoms with E-state index < -0.39 is 0 Å². The van der Waals surface area contributed by atoms with Crippen LogP contribution in [0.4, 0.5) is 5.82 Å². The van der Waals surface area contributed by atoms with E-state index in [1.54, 1.807) is 6.20 Å². The summed E-state index contributed by atoms with van der Waals surface area (Å²) in [7, 11) is 0. The van der Waals surface area contributed by atoms with Crippen LogP contribution in [0.5, 0.6) is 0 Å². The summed E-state index contributed by atoms with van der Waals surface area (Å²) in [5, 5.41) is 4.38. The number of rotatable bonds is 5. The van der Waals surface area contributed by atoms with Gasteiger partial charge in [0.05, 0.1) is 12.2 Å². The van der Waals surface area contributed by atoms with Gasteiger partial charge in [-0.05, 0) is 44.6 Å². The lowest BCUT2D eigenvalue weighted by molar-refractivity contribution is -0.120. The number of hydrogen-bond donors (Lipinski definition) is 0. The van der Waals surface area contributed by atoms with E-state index in [1.807, 2.05) is 21.7 Å². The first-order valence-corrected chi connectivity index (χ1v) is 8.95. The van der Waals surface area contributed by atoms with Gasteiger partial charge in [-0.1, -0.05) is 37.3 Å². The molecule has 4 nitrogen and oxygen atoms in total. The predicted molar refractivity (Wildman–Crippen MR) is 97.0 cm³/mol. The van der Waals surface area contributed by atoms with Crippen LogP contribution in [0.2, 0.25) is 0 Å². The lowest BCUT2D eigenvalue weighted by Gasteiger charge is -2.37. The van der Waals surface area contributed by atoms with E-state index in [-0.39, 0.29) is 11.9 Å². The molecule has 0 unspecified atom stereocenters. The first kappa shape index (κ1) is 16.7. The fourth-order valence-electron chi connectivity index (χ4n) is 3.69. The summed E-state index contributed by atoms with van der Waals surface area (Å²) in [4.78, 5) is 14.8. The number of benzene rings is 1. The van der Waals surface area contributed by atoms with Crippen molar-refractivity contribution in [1.29, 1.82) is 0 Å². The van der Waals surface area contributed by atoms with Gasteiger partial charge < -0.3 is 0 Å². The van der Waals surface area contributed by atoms with E-state index in [4.69, 9.17) is 0 Å². The quantitative estimate of drug-likeness (QED) is 0.825. The molecule has 0 spiro atoms. The second kappa shape index (κ2) is 7.20. The van der Waals surface area contributed by atoms with Gasteiger partial charge in [-0.15, -0.1) is 0 Å². The normalized spacial score (nSPS) is 21.4. The average Bonchev–Trinajstić information content (AvgIpc) is 3.03. The molecule has 128 valence electrons. The molecule has 2 heterocycles. The molecule has 1 aromatic heterocycles. The molecular weight excluding hydrogens is 298 g/mol. The average molecular weight is 325 g/mol. The van der Waals surface area contributed by atoms with E-state index in [2.05, 4.69) is 50.1 Å². The summed E-state index contributed by atoms with van der Waals surface area (Å²) in [6.07, 6.45) is 5.41. The Hall–Kier alpha value is -2.10. The molecule has 4 heteroatoms. The Morgan fingerprint density at radius 2 is 1.96 bits per heavy atom. The zero-order chi connectivity index (χ0) is 17.1. The van der Waals surface area contributed by atoms with Gasteiger partial charge in [-0.2, -0.15) is 5.10 Å². The first-order chi connectivity index (χ1) is 11.6. The maximum Gasteiger partial charge on any atom is 0.228 e. The number of amides is 1. The van der Waals surface area contributed by atoms with Crippen LogP contribution >= 0.6 is 0 Å². The van der Waals surface area contributed by atoms with Crippen molar-refractivity contribution in [2.75, 3.05) is 4.90 Å². The number of hydrogen-bond acceptors (Lipinski definition) is 2. The molecule has 0 aliphatic carbocycles. The minimum Gasteiger partial charge on any atom is -0.294 e. The Bertz CT molecular complexity index is 679. The lowest BCUT2D eigenvalue weighted by atomic mass is 9.96. The van der Waals surface area contributed by atoms with Crippen LogP contribution < -0.4 is 4.90 Å². The van der Waals surface area contributed by atoms with Crippen LogP contribution in [-0.2, 0) is 11.2 Å². The first-order valence-electron chi connectivity index (χ1n) is 8.95. The highest BCUT2D eigenvalue weighted by Gasteiger charge is 2.32. The van der Waals surface area contributed by atoms with Crippen LogP contribution in [0.25, 0.3) is 0 Å². The standard InChI is InChI=1S/C20H27N3O/c1-15(9-10-18-7-5-4-6-8-18)13-20(24)22-16(2)14-17(3)23-19(22)11-12-21-23/h4-8,11-12,15-17H,9-10,13-14H2,1-3H3/t15-,16-,17-/m1/s1. The number of aryl methyl sites for hydroxylation is 1. The Morgan fingerprint density at radius 3 is 2.71 bits per heavy atom. The molecular formula is C20H27N3O. The SMILES string of the molecule is C[C@H](CCc1ccccc1)CC(=O)N1c2ccnn2[C@H](C)C[C@H]1C. The molecule has 1 aromatic carbocycles. The Labute approximate surface area is 144 Å². The third-order valence-electron chi connectivity index (χ3n) is 5.00. The smallest absolute Gasteiger partial charge is 0.228 e. The van der Waals surface area contributed by atoms with Gasteiger partial charge >= 0.3 is 0 Å². The second-order valence-corrected chi connectivity index (χ2v) is 7.17. The zero-order valence-corrected chi connectivity index (χ0v) is 14.9. The van der Waals surface area contributed by atoms with Gasteiger partial charge in [0.1, 0.15) is 5.82 Å². The number of anilines is 1. The maximum atomic E-state index is 12.9. The summed E-state index contributed by atoms with van der Waals surface area (Å²) in [6, 6.07) is 13.0. The largest absolute Gasteiger partial charge is 0.294 e. The summed E-state index contributed by atoms with van der Waals surface area (Å²) >= 11 is 0. The number of nitrogens with zero attached hydrogens (tertiary/aromatic N) is 3. The molecule has 0 bridgehead atoms. The monoisotopic (exact) mass is 325 g/mol. The van der Waals surface area contributed by atoms with Crippen molar-refractivity contribution >= 4 is 11.7 Å². The van der Waals surface area contributed by atoms with Crippen molar-refractivity contribution in [3.63, 3.8) is 0 Å². The van der Waals surface area contributed by atoms with Gasteiger partial charge in [0.25, 0.3) is 0 Å². The molecule has 1 amide bonds.